The highest BCUT2D eigenvalue weighted by Gasteiger charge is 2.22. The molecule has 1 N–H and O–H groups in total. The van der Waals surface area contributed by atoms with E-state index in [-0.39, 0.29) is 0 Å². The van der Waals surface area contributed by atoms with Crippen LogP contribution in [0.3, 0.4) is 0 Å². The van der Waals surface area contributed by atoms with Gasteiger partial charge in [-0.3, -0.25) is 9.80 Å². The summed E-state index contributed by atoms with van der Waals surface area (Å²) in [5.74, 6) is 2.08. The molecule has 1 aromatic carbocycles. The van der Waals surface area contributed by atoms with Crippen LogP contribution in [0.5, 0.6) is 11.6 Å². The van der Waals surface area contributed by atoms with Crippen LogP contribution < -0.4 is 9.64 Å². The molecular weight excluding hydrogens is 587 g/mol. The van der Waals surface area contributed by atoms with Crippen LogP contribution in [0.2, 0.25) is 10.0 Å². The molecular formula is C32H40Cl2N6O3. The number of hydrogen-bond acceptors (Lipinski definition) is 9. The molecule has 0 saturated carbocycles. The molecule has 5 rings (SSSR count). The Hall–Kier alpha value is -2.82. The number of nitrogens with zero attached hydrogens (tertiary/aromatic N) is 6. The number of ether oxygens (including phenoxy) is 1. The lowest BCUT2D eigenvalue weighted by Gasteiger charge is -2.35. The number of hydrogen-bond donors (Lipinski definition) is 1. The van der Waals surface area contributed by atoms with Crippen molar-refractivity contribution in [2.24, 2.45) is 5.92 Å². The van der Waals surface area contributed by atoms with Crippen molar-refractivity contribution < 1.29 is 14.6 Å². The van der Waals surface area contributed by atoms with E-state index >= 15 is 0 Å². The monoisotopic (exact) mass is 626 g/mol. The zero-order valence-electron chi connectivity index (χ0n) is 24.9. The topological polar surface area (TPSA) is 94.9 Å². The Kier molecular flexibility index (Phi) is 10.5. The minimum Gasteiger partial charge on any atom is -0.436 e. The predicted molar refractivity (Wildman–Crippen MR) is 170 cm³/mol. The maximum Gasteiger partial charge on any atom is 0.225 e. The van der Waals surface area contributed by atoms with E-state index in [0.717, 1.165) is 89.0 Å². The lowest BCUT2D eigenvalue weighted by Crippen LogP contribution is -2.48. The van der Waals surface area contributed by atoms with Gasteiger partial charge >= 0.3 is 0 Å². The van der Waals surface area contributed by atoms with Gasteiger partial charge in [0.15, 0.2) is 5.75 Å². The molecule has 0 atom stereocenters. The highest BCUT2D eigenvalue weighted by molar-refractivity contribution is 6.35. The number of carbonyl (C=O) groups is 1. The van der Waals surface area contributed by atoms with Crippen molar-refractivity contribution in [1.29, 1.82) is 0 Å². The highest BCUT2D eigenvalue weighted by Crippen LogP contribution is 2.31. The predicted octanol–water partition coefficient (Wildman–Crippen LogP) is 5.72. The fourth-order valence-electron chi connectivity index (χ4n) is 5.58. The molecule has 2 aliphatic rings. The second-order valence-electron chi connectivity index (χ2n) is 12.2. The molecule has 0 amide bonds. The number of piperidine rings is 1. The zero-order chi connectivity index (χ0) is 30.4. The zero-order valence-corrected chi connectivity index (χ0v) is 26.4. The summed E-state index contributed by atoms with van der Waals surface area (Å²) >= 11 is 12.6. The Labute approximate surface area is 263 Å². The fourth-order valence-corrected chi connectivity index (χ4v) is 6.10. The fraction of sp³-hybridized carbons (Fsp3) is 0.500. The van der Waals surface area contributed by atoms with E-state index in [4.69, 9.17) is 32.9 Å². The summed E-state index contributed by atoms with van der Waals surface area (Å²) in [6.45, 7) is 10.7. The Morgan fingerprint density at radius 3 is 2.26 bits per heavy atom. The number of carbonyl (C=O) groups excluding carboxylic acids is 1. The molecule has 0 unspecified atom stereocenters. The largest absolute Gasteiger partial charge is 0.436 e. The van der Waals surface area contributed by atoms with Crippen molar-refractivity contribution in [3.8, 4) is 22.9 Å². The molecule has 3 aromatic rings. The van der Waals surface area contributed by atoms with Crippen molar-refractivity contribution in [3.63, 3.8) is 0 Å². The van der Waals surface area contributed by atoms with Crippen LogP contribution in [0.25, 0.3) is 11.3 Å². The number of aliphatic hydroxyl groups is 1. The van der Waals surface area contributed by atoms with Crippen LogP contribution in [0, 0.1) is 5.92 Å². The maximum atomic E-state index is 10.9. The molecule has 0 spiro atoms. The van der Waals surface area contributed by atoms with Crippen molar-refractivity contribution in [2.75, 3.05) is 50.7 Å². The van der Waals surface area contributed by atoms with Gasteiger partial charge in [-0.05, 0) is 81.9 Å². The number of aldehydes is 1. The van der Waals surface area contributed by atoms with Gasteiger partial charge in [0.2, 0.25) is 11.8 Å². The average Bonchev–Trinajstić information content (AvgIpc) is 2.97. The number of piperazine rings is 1. The smallest absolute Gasteiger partial charge is 0.225 e. The van der Waals surface area contributed by atoms with Crippen molar-refractivity contribution in [3.05, 3.63) is 58.3 Å². The van der Waals surface area contributed by atoms with Gasteiger partial charge in [0.1, 0.15) is 6.29 Å². The van der Waals surface area contributed by atoms with E-state index in [1.165, 1.54) is 0 Å². The van der Waals surface area contributed by atoms with Gasteiger partial charge in [0, 0.05) is 67.4 Å². The van der Waals surface area contributed by atoms with Crippen LogP contribution in [0.1, 0.15) is 45.1 Å². The third-order valence-electron chi connectivity index (χ3n) is 8.09. The van der Waals surface area contributed by atoms with Crippen molar-refractivity contribution in [1.82, 2.24) is 24.8 Å². The molecule has 230 valence electrons. The molecule has 11 heteroatoms. The average molecular weight is 628 g/mol. The van der Waals surface area contributed by atoms with Crippen LogP contribution in [-0.4, -0.2) is 87.6 Å². The molecule has 43 heavy (non-hydrogen) atoms. The van der Waals surface area contributed by atoms with Gasteiger partial charge in [-0.1, -0.05) is 23.2 Å². The molecule has 0 aliphatic carbocycles. The first-order chi connectivity index (χ1) is 20.6. The van der Waals surface area contributed by atoms with Crippen LogP contribution in [0.4, 0.5) is 5.95 Å². The first kappa shape index (κ1) is 31.6. The van der Waals surface area contributed by atoms with Crippen LogP contribution >= 0.6 is 23.2 Å². The molecule has 2 aromatic heterocycles. The molecule has 0 bridgehead atoms. The number of benzene rings is 1. The number of anilines is 1. The highest BCUT2D eigenvalue weighted by atomic mass is 35.5. The number of halogens is 2. The first-order valence-corrected chi connectivity index (χ1v) is 15.7. The Bertz CT molecular complexity index is 1350. The lowest BCUT2D eigenvalue weighted by atomic mass is 9.94. The number of likely N-dealkylation sites (tertiary alicyclic amines) is 1. The van der Waals surface area contributed by atoms with Gasteiger partial charge in [0.05, 0.1) is 23.7 Å². The van der Waals surface area contributed by atoms with E-state index in [2.05, 4.69) is 24.7 Å². The number of rotatable bonds is 11. The van der Waals surface area contributed by atoms with E-state index < -0.39 is 5.60 Å². The normalized spacial score (nSPS) is 17.3. The molecule has 2 fully saturated rings. The van der Waals surface area contributed by atoms with Crippen LogP contribution in [-0.2, 0) is 11.3 Å². The molecule has 9 nitrogen and oxygen atoms in total. The quantitative estimate of drug-likeness (QED) is 0.268. The summed E-state index contributed by atoms with van der Waals surface area (Å²) < 4.78 is 6.19. The third-order valence-corrected chi connectivity index (χ3v) is 8.53. The summed E-state index contributed by atoms with van der Waals surface area (Å²) in [7, 11) is 0. The second-order valence-corrected chi connectivity index (χ2v) is 13.1. The van der Waals surface area contributed by atoms with Gasteiger partial charge in [-0.25, -0.2) is 15.0 Å². The summed E-state index contributed by atoms with van der Waals surface area (Å²) in [4.78, 5) is 31.8. The molecule has 0 radical (unpaired) electrons. The minimum absolute atomic E-state index is 0.441. The van der Waals surface area contributed by atoms with Crippen LogP contribution in [0.15, 0.2) is 42.7 Å². The van der Waals surface area contributed by atoms with E-state index in [1.807, 2.05) is 38.1 Å². The van der Waals surface area contributed by atoms with E-state index in [9.17, 15) is 9.90 Å². The summed E-state index contributed by atoms with van der Waals surface area (Å²) in [6, 6.07) is 9.39. The summed E-state index contributed by atoms with van der Waals surface area (Å²) in [6.07, 6.45) is 7.83. The Morgan fingerprint density at radius 2 is 1.63 bits per heavy atom. The molecule has 2 aliphatic heterocycles. The summed E-state index contributed by atoms with van der Waals surface area (Å²) in [5.41, 5.74) is 1.93. The molecule has 4 heterocycles. The van der Waals surface area contributed by atoms with Gasteiger partial charge < -0.3 is 19.5 Å². The number of pyridine rings is 1. The standard InChI is InChI=1S/C32H40Cl2N6O3/c1-32(2,42)6-9-38-10-12-40(13-11-38)31-35-20-28(21-36-31)43-30-16-24(22-39-7-3-23(4-8-39)5-14-41)15-29(37-30)25-17-26(33)19-27(34)18-25/h14-21,23,42H,3-13,22H2,1-2H3. The minimum atomic E-state index is -0.652. The SMILES string of the molecule is CC(C)(O)CCN1CCN(c2ncc(Oc3cc(CN4CCC(CC=O)CC4)cc(-c4cc(Cl)cc(Cl)c4)n3)cn2)CC1. The van der Waals surface area contributed by atoms with Gasteiger partial charge in [0.25, 0.3) is 0 Å². The summed E-state index contributed by atoms with van der Waals surface area (Å²) in [5, 5.41) is 11.1. The van der Waals surface area contributed by atoms with Gasteiger partial charge in [-0.15, -0.1) is 0 Å². The maximum absolute atomic E-state index is 10.9. The molecule has 2 saturated heterocycles. The van der Waals surface area contributed by atoms with E-state index in [1.54, 1.807) is 18.5 Å². The second kappa shape index (κ2) is 14.3. The first-order valence-electron chi connectivity index (χ1n) is 15.0. The third kappa shape index (κ3) is 9.33. The van der Waals surface area contributed by atoms with E-state index in [0.29, 0.717) is 45.7 Å². The number of aromatic nitrogens is 3. The van der Waals surface area contributed by atoms with Crippen molar-refractivity contribution >= 4 is 35.4 Å². The van der Waals surface area contributed by atoms with Crippen molar-refractivity contribution in [2.45, 2.75) is 51.7 Å². The Morgan fingerprint density at radius 1 is 0.953 bits per heavy atom. The Balaban J connectivity index is 1.27. The lowest BCUT2D eigenvalue weighted by molar-refractivity contribution is -0.108. The van der Waals surface area contributed by atoms with Gasteiger partial charge in [-0.2, -0.15) is 0 Å².